The van der Waals surface area contributed by atoms with Crippen molar-refractivity contribution < 1.29 is 44.6 Å². The Morgan fingerprint density at radius 3 is 1.44 bits per heavy atom. The van der Waals surface area contributed by atoms with Gasteiger partial charge in [-0.15, -0.1) is 0 Å². The molecule has 96 valence electrons. The van der Waals surface area contributed by atoms with Gasteiger partial charge in [-0.3, -0.25) is 0 Å². The molecule has 0 spiro atoms. The van der Waals surface area contributed by atoms with Gasteiger partial charge in [0.2, 0.25) is 0 Å². The summed E-state index contributed by atoms with van der Waals surface area (Å²) in [4.78, 5) is 0. The fraction of sp³-hybridized carbons (Fsp3) is 0.667. The lowest BCUT2D eigenvalue weighted by Crippen LogP contribution is -2.37. The maximum atomic E-state index is 11.8. The van der Waals surface area contributed by atoms with Crippen molar-refractivity contribution in [2.24, 2.45) is 0 Å². The van der Waals surface area contributed by atoms with Crippen LogP contribution in [-0.2, 0) is 0 Å². The van der Waals surface area contributed by atoms with Gasteiger partial charge in [0.25, 0.3) is 0 Å². The van der Waals surface area contributed by atoms with E-state index in [0.29, 0.717) is 0 Å². The number of aliphatic hydroxyl groups is 1. The van der Waals surface area contributed by atoms with E-state index in [9.17, 15) is 39.5 Å². The Hall–Kier alpha value is -0.930. The topological polar surface area (TPSA) is 20.2 Å². The maximum Gasteiger partial charge on any atom is 0.418 e. The molecule has 0 aliphatic heterocycles. The minimum atomic E-state index is -5.93. The summed E-state index contributed by atoms with van der Waals surface area (Å²) >= 11 is 0. The van der Waals surface area contributed by atoms with Gasteiger partial charge in [0.1, 0.15) is 0 Å². The maximum absolute atomic E-state index is 11.8. The van der Waals surface area contributed by atoms with Crippen LogP contribution >= 0.6 is 0 Å². The Morgan fingerprint density at radius 2 is 1.25 bits per heavy atom. The highest BCUT2D eigenvalue weighted by Gasteiger charge is 2.52. The lowest BCUT2D eigenvalue weighted by molar-refractivity contribution is -0.212. The molecule has 0 rings (SSSR count). The highest BCUT2D eigenvalue weighted by atomic mass is 19.4. The molecule has 0 aliphatic carbocycles. The average molecular weight is 262 g/mol. The molecule has 0 bridgehead atoms. The number of hydrogen-bond acceptors (Lipinski definition) is 1. The highest BCUT2D eigenvalue weighted by Crippen LogP contribution is 2.37. The van der Waals surface area contributed by atoms with Crippen molar-refractivity contribution in [2.45, 2.75) is 24.6 Å². The molecule has 1 atom stereocenters. The molecule has 0 saturated heterocycles. The lowest BCUT2D eigenvalue weighted by atomic mass is 10.1. The number of halogens is 9. The Labute approximate surface area is 82.2 Å². The number of rotatable bonds is 1. The van der Waals surface area contributed by atoms with Crippen LogP contribution in [0.3, 0.4) is 0 Å². The minimum absolute atomic E-state index is 1.62. The van der Waals surface area contributed by atoms with Crippen molar-refractivity contribution in [3.63, 3.8) is 0 Å². The van der Waals surface area contributed by atoms with E-state index in [1.807, 2.05) is 0 Å². The summed E-state index contributed by atoms with van der Waals surface area (Å²) in [5.74, 6) is 0. The van der Waals surface area contributed by atoms with Gasteiger partial charge in [-0.2, -0.15) is 39.5 Å². The Morgan fingerprint density at radius 1 is 0.875 bits per heavy atom. The predicted octanol–water partition coefficient (Wildman–Crippen LogP) is 2.96. The van der Waals surface area contributed by atoms with Gasteiger partial charge in [0.15, 0.2) is 6.10 Å². The number of aliphatic hydroxyl groups excluding tert-OH is 1. The molecule has 0 aliphatic rings. The third kappa shape index (κ3) is 4.73. The summed E-state index contributed by atoms with van der Waals surface area (Å²) in [5.41, 5.74) is -3.10. The van der Waals surface area contributed by atoms with Gasteiger partial charge in [0, 0.05) is 6.08 Å². The highest BCUT2D eigenvalue weighted by molar-refractivity contribution is 5.18. The molecule has 0 saturated carbocycles. The zero-order valence-electron chi connectivity index (χ0n) is 7.00. The number of allylic oxidation sites excluding steroid dienone is 1. The van der Waals surface area contributed by atoms with Crippen molar-refractivity contribution in [1.82, 2.24) is 0 Å². The molecule has 1 N–H and O–H groups in total. The predicted molar refractivity (Wildman–Crippen MR) is 32.3 cm³/mol. The minimum Gasteiger partial charge on any atom is -0.379 e. The molecule has 16 heavy (non-hydrogen) atoms. The molecule has 0 aromatic heterocycles. The molecule has 0 aromatic rings. The third-order valence-electron chi connectivity index (χ3n) is 1.25. The first kappa shape index (κ1) is 15.1. The van der Waals surface area contributed by atoms with Crippen molar-refractivity contribution in [2.75, 3.05) is 0 Å². The second-order valence-corrected chi connectivity index (χ2v) is 2.58. The Bertz CT molecular complexity index is 267. The van der Waals surface area contributed by atoms with Crippen LogP contribution in [0.5, 0.6) is 0 Å². The molecule has 1 unspecified atom stereocenters. The molecule has 0 radical (unpaired) electrons. The monoisotopic (exact) mass is 262 g/mol. The number of hydrogen-bond donors (Lipinski definition) is 1. The smallest absolute Gasteiger partial charge is 0.379 e. The van der Waals surface area contributed by atoms with Crippen molar-refractivity contribution in [1.29, 1.82) is 0 Å². The second-order valence-electron chi connectivity index (χ2n) is 2.58. The van der Waals surface area contributed by atoms with Crippen LogP contribution in [0.2, 0.25) is 0 Å². The van der Waals surface area contributed by atoms with Gasteiger partial charge < -0.3 is 5.11 Å². The summed E-state index contributed by atoms with van der Waals surface area (Å²) in [6.45, 7) is 0. The van der Waals surface area contributed by atoms with Gasteiger partial charge in [-0.25, -0.2) is 0 Å². The van der Waals surface area contributed by atoms with Crippen LogP contribution in [0, 0.1) is 0 Å². The summed E-state index contributed by atoms with van der Waals surface area (Å²) in [6.07, 6.45) is -23.2. The summed E-state index contributed by atoms with van der Waals surface area (Å²) < 4.78 is 105. The fourth-order valence-electron chi connectivity index (χ4n) is 0.668. The lowest BCUT2D eigenvalue weighted by Gasteiger charge is -2.20. The SMILES string of the molecule is OC(/C(=C/C(F)(F)F)C(F)(F)F)C(F)(F)F. The van der Waals surface area contributed by atoms with Crippen LogP contribution in [0.25, 0.3) is 0 Å². The van der Waals surface area contributed by atoms with Crippen LogP contribution in [0.15, 0.2) is 11.6 Å². The van der Waals surface area contributed by atoms with Gasteiger partial charge in [0.05, 0.1) is 5.57 Å². The van der Waals surface area contributed by atoms with E-state index in [1.54, 1.807) is 0 Å². The van der Waals surface area contributed by atoms with E-state index in [0.717, 1.165) is 0 Å². The normalized spacial score (nSPS) is 17.5. The Kier molecular flexibility index (Phi) is 3.91. The first-order valence-electron chi connectivity index (χ1n) is 3.36. The van der Waals surface area contributed by atoms with E-state index < -0.39 is 36.3 Å². The fourth-order valence-corrected chi connectivity index (χ4v) is 0.668. The van der Waals surface area contributed by atoms with E-state index in [-0.39, 0.29) is 0 Å². The van der Waals surface area contributed by atoms with Crippen LogP contribution < -0.4 is 0 Å². The van der Waals surface area contributed by atoms with Crippen molar-refractivity contribution in [3.8, 4) is 0 Å². The first-order chi connectivity index (χ1) is 6.75. The van der Waals surface area contributed by atoms with E-state index in [1.165, 1.54) is 0 Å². The number of alkyl halides is 9. The van der Waals surface area contributed by atoms with Gasteiger partial charge in [-0.05, 0) is 0 Å². The summed E-state index contributed by atoms with van der Waals surface area (Å²) in [7, 11) is 0. The first-order valence-corrected chi connectivity index (χ1v) is 3.36. The molecule has 0 amide bonds. The van der Waals surface area contributed by atoms with Crippen molar-refractivity contribution >= 4 is 0 Å². The molecule has 0 heterocycles. The van der Waals surface area contributed by atoms with Crippen LogP contribution in [0.1, 0.15) is 0 Å². The van der Waals surface area contributed by atoms with Gasteiger partial charge >= 0.3 is 18.5 Å². The largest absolute Gasteiger partial charge is 0.418 e. The van der Waals surface area contributed by atoms with Crippen molar-refractivity contribution in [3.05, 3.63) is 11.6 Å². The van der Waals surface area contributed by atoms with E-state index in [2.05, 4.69) is 0 Å². The molecule has 10 heteroatoms. The second kappa shape index (κ2) is 4.15. The van der Waals surface area contributed by atoms with E-state index >= 15 is 0 Å². The molecular formula is C6H3F9O. The molecule has 0 fully saturated rings. The van der Waals surface area contributed by atoms with Crippen LogP contribution in [0.4, 0.5) is 39.5 Å². The van der Waals surface area contributed by atoms with Gasteiger partial charge in [-0.1, -0.05) is 0 Å². The zero-order chi connectivity index (χ0) is 13.4. The summed E-state index contributed by atoms with van der Waals surface area (Å²) in [5, 5.41) is 8.13. The van der Waals surface area contributed by atoms with Crippen LogP contribution in [-0.4, -0.2) is 29.7 Å². The molecule has 0 aromatic carbocycles. The third-order valence-corrected chi connectivity index (χ3v) is 1.25. The molecule has 1 nitrogen and oxygen atoms in total. The average Bonchev–Trinajstić information content (AvgIpc) is 1.93. The summed E-state index contributed by atoms with van der Waals surface area (Å²) in [6, 6.07) is 0. The molecular weight excluding hydrogens is 259 g/mol. The Balaban J connectivity index is 5.39. The quantitative estimate of drug-likeness (QED) is 0.569. The zero-order valence-corrected chi connectivity index (χ0v) is 7.00. The standard InChI is InChI=1S/C6H3F9O/c7-4(8,9)1-2(5(10,11)12)3(16)6(13,14)15/h1,3,16H/b2-1-. The van der Waals surface area contributed by atoms with E-state index in [4.69, 9.17) is 5.11 Å².